The Morgan fingerprint density at radius 2 is 2.06 bits per heavy atom. The Morgan fingerprint density at radius 3 is 2.71 bits per heavy atom. The topological polar surface area (TPSA) is 56.0 Å². The SMILES string of the molecule is O=C(NC1CCCCC1)c1ccc(Cl)[n+]([O-])c1. The van der Waals surface area contributed by atoms with Gasteiger partial charge in [-0.1, -0.05) is 19.3 Å². The summed E-state index contributed by atoms with van der Waals surface area (Å²) >= 11 is 5.60. The van der Waals surface area contributed by atoms with Gasteiger partial charge < -0.3 is 10.5 Å². The van der Waals surface area contributed by atoms with Crippen LogP contribution in [-0.4, -0.2) is 11.9 Å². The van der Waals surface area contributed by atoms with Crippen molar-refractivity contribution in [1.29, 1.82) is 0 Å². The van der Waals surface area contributed by atoms with Gasteiger partial charge >= 0.3 is 0 Å². The van der Waals surface area contributed by atoms with Gasteiger partial charge in [-0.15, -0.1) is 0 Å². The summed E-state index contributed by atoms with van der Waals surface area (Å²) in [5.41, 5.74) is 0.356. The molecular formula is C12H15ClN2O2. The van der Waals surface area contributed by atoms with Gasteiger partial charge in [-0.2, -0.15) is 4.73 Å². The van der Waals surface area contributed by atoms with Gasteiger partial charge in [0.05, 0.1) is 0 Å². The number of amides is 1. The van der Waals surface area contributed by atoms with Crippen LogP contribution in [0.25, 0.3) is 0 Å². The van der Waals surface area contributed by atoms with Crippen LogP contribution in [0.3, 0.4) is 0 Å². The fourth-order valence-corrected chi connectivity index (χ4v) is 2.22. The molecule has 4 nitrogen and oxygen atoms in total. The van der Waals surface area contributed by atoms with Crippen molar-refractivity contribution in [1.82, 2.24) is 5.32 Å². The molecule has 1 aliphatic carbocycles. The molecule has 92 valence electrons. The lowest BCUT2D eigenvalue weighted by Gasteiger charge is -2.22. The first kappa shape index (κ1) is 12.2. The number of hydrogen-bond donors (Lipinski definition) is 1. The molecule has 1 saturated carbocycles. The minimum absolute atomic E-state index is 0.0687. The maximum absolute atomic E-state index is 11.9. The molecule has 0 aromatic carbocycles. The molecule has 0 atom stereocenters. The van der Waals surface area contributed by atoms with Gasteiger partial charge in [0.2, 0.25) is 0 Å². The van der Waals surface area contributed by atoms with Gasteiger partial charge in [0, 0.05) is 12.1 Å². The number of rotatable bonds is 2. The number of aromatic nitrogens is 1. The minimum atomic E-state index is -0.196. The van der Waals surface area contributed by atoms with Gasteiger partial charge in [-0.25, -0.2) is 0 Å². The van der Waals surface area contributed by atoms with Crippen molar-refractivity contribution >= 4 is 17.5 Å². The van der Waals surface area contributed by atoms with Crippen LogP contribution in [0.1, 0.15) is 42.5 Å². The highest BCUT2D eigenvalue weighted by Gasteiger charge is 2.18. The van der Waals surface area contributed by atoms with E-state index in [2.05, 4.69) is 5.32 Å². The molecule has 5 heteroatoms. The Morgan fingerprint density at radius 1 is 1.35 bits per heavy atom. The maximum Gasteiger partial charge on any atom is 0.286 e. The minimum Gasteiger partial charge on any atom is -0.618 e. The maximum atomic E-state index is 11.9. The van der Waals surface area contributed by atoms with Crippen LogP contribution < -0.4 is 10.0 Å². The van der Waals surface area contributed by atoms with Gasteiger partial charge in [0.25, 0.3) is 11.1 Å². The largest absolute Gasteiger partial charge is 0.618 e. The van der Waals surface area contributed by atoms with E-state index in [-0.39, 0.29) is 17.1 Å². The number of nitrogens with one attached hydrogen (secondary N) is 1. The Labute approximate surface area is 105 Å². The standard InChI is InChI=1S/C12H15ClN2O2/c13-11-7-6-9(8-15(11)17)12(16)14-10-4-2-1-3-5-10/h6-8,10H,1-5H2,(H,14,16). The lowest BCUT2D eigenvalue weighted by Crippen LogP contribution is -2.38. The van der Waals surface area contributed by atoms with Crippen LogP contribution in [0.2, 0.25) is 5.15 Å². The van der Waals surface area contributed by atoms with E-state index in [1.807, 2.05) is 0 Å². The van der Waals surface area contributed by atoms with Gasteiger partial charge in [-0.05, 0) is 30.5 Å². The quantitative estimate of drug-likeness (QED) is 0.499. The summed E-state index contributed by atoms with van der Waals surface area (Å²) in [4.78, 5) is 11.9. The Bertz CT molecular complexity index is 417. The van der Waals surface area contributed by atoms with Crippen molar-refractivity contribution in [2.24, 2.45) is 0 Å². The highest BCUT2D eigenvalue weighted by Crippen LogP contribution is 2.17. The van der Waals surface area contributed by atoms with E-state index in [9.17, 15) is 10.0 Å². The predicted molar refractivity (Wildman–Crippen MR) is 64.8 cm³/mol. The molecule has 1 heterocycles. The van der Waals surface area contributed by atoms with Crippen LogP contribution >= 0.6 is 11.6 Å². The molecule has 0 unspecified atom stereocenters. The molecular weight excluding hydrogens is 240 g/mol. The Kier molecular flexibility index (Phi) is 3.84. The molecule has 0 aliphatic heterocycles. The summed E-state index contributed by atoms with van der Waals surface area (Å²) in [5, 5.41) is 14.3. The van der Waals surface area contributed by atoms with Crippen molar-refractivity contribution in [3.05, 3.63) is 34.3 Å². The summed E-state index contributed by atoms with van der Waals surface area (Å²) in [6, 6.07) is 3.24. The summed E-state index contributed by atoms with van der Waals surface area (Å²) in [7, 11) is 0. The first-order valence-corrected chi connectivity index (χ1v) is 6.24. The van der Waals surface area contributed by atoms with Crippen LogP contribution in [0.15, 0.2) is 18.3 Å². The summed E-state index contributed by atoms with van der Waals surface area (Å²) in [6.45, 7) is 0. The van der Waals surface area contributed by atoms with Gasteiger partial charge in [0.15, 0.2) is 6.20 Å². The van der Waals surface area contributed by atoms with E-state index in [0.29, 0.717) is 10.3 Å². The molecule has 1 aromatic rings. The summed E-state index contributed by atoms with van der Waals surface area (Å²) in [5.74, 6) is -0.196. The molecule has 0 saturated heterocycles. The normalized spacial score (nSPS) is 16.8. The van der Waals surface area contributed by atoms with Crippen LogP contribution in [0, 0.1) is 5.21 Å². The molecule has 1 N–H and O–H groups in total. The molecule has 1 fully saturated rings. The van der Waals surface area contributed by atoms with E-state index in [1.165, 1.54) is 18.7 Å². The van der Waals surface area contributed by atoms with E-state index in [1.54, 1.807) is 6.07 Å². The van der Waals surface area contributed by atoms with E-state index >= 15 is 0 Å². The Balaban J connectivity index is 2.01. The molecule has 0 radical (unpaired) electrons. The molecule has 17 heavy (non-hydrogen) atoms. The molecule has 1 aromatic heterocycles. The zero-order chi connectivity index (χ0) is 12.3. The number of pyridine rings is 1. The monoisotopic (exact) mass is 254 g/mol. The lowest BCUT2D eigenvalue weighted by molar-refractivity contribution is -0.603. The average Bonchev–Trinajstić information content (AvgIpc) is 2.34. The van der Waals surface area contributed by atoms with E-state index in [4.69, 9.17) is 11.6 Å². The molecule has 0 bridgehead atoms. The average molecular weight is 255 g/mol. The van der Waals surface area contributed by atoms with E-state index in [0.717, 1.165) is 25.7 Å². The first-order valence-electron chi connectivity index (χ1n) is 5.86. The predicted octanol–water partition coefficient (Wildman–Crippen LogP) is 2.04. The van der Waals surface area contributed by atoms with Crippen molar-refractivity contribution in [2.45, 2.75) is 38.1 Å². The summed E-state index contributed by atoms with van der Waals surface area (Å²) < 4.78 is 0.497. The third-order valence-corrected chi connectivity index (χ3v) is 3.36. The number of nitrogens with zero attached hydrogens (tertiary/aromatic N) is 1. The van der Waals surface area contributed by atoms with Crippen molar-refractivity contribution in [2.75, 3.05) is 0 Å². The highest BCUT2D eigenvalue weighted by molar-refractivity contribution is 6.28. The van der Waals surface area contributed by atoms with E-state index < -0.39 is 0 Å². The Hall–Kier alpha value is -1.29. The highest BCUT2D eigenvalue weighted by atomic mass is 35.5. The third kappa shape index (κ3) is 3.09. The van der Waals surface area contributed by atoms with Crippen molar-refractivity contribution in [3.8, 4) is 0 Å². The zero-order valence-electron chi connectivity index (χ0n) is 9.49. The first-order chi connectivity index (χ1) is 8.16. The van der Waals surface area contributed by atoms with Crippen molar-refractivity contribution in [3.63, 3.8) is 0 Å². The molecule has 2 rings (SSSR count). The number of hydrogen-bond acceptors (Lipinski definition) is 2. The second kappa shape index (κ2) is 5.36. The number of carbonyl (C=O) groups excluding carboxylic acids is 1. The second-order valence-corrected chi connectivity index (χ2v) is 4.76. The lowest BCUT2D eigenvalue weighted by atomic mass is 9.95. The number of halogens is 1. The third-order valence-electron chi connectivity index (χ3n) is 3.07. The molecule has 0 spiro atoms. The molecule has 1 amide bonds. The second-order valence-electron chi connectivity index (χ2n) is 4.37. The van der Waals surface area contributed by atoms with Crippen molar-refractivity contribution < 1.29 is 9.52 Å². The van der Waals surface area contributed by atoms with Gasteiger partial charge in [-0.3, -0.25) is 4.79 Å². The fraction of sp³-hybridized carbons (Fsp3) is 0.500. The molecule has 1 aliphatic rings. The van der Waals surface area contributed by atoms with Gasteiger partial charge in [0.1, 0.15) is 5.56 Å². The smallest absolute Gasteiger partial charge is 0.286 e. The fourth-order valence-electron chi connectivity index (χ4n) is 2.11. The van der Waals surface area contributed by atoms with Crippen LogP contribution in [0.4, 0.5) is 0 Å². The zero-order valence-corrected chi connectivity index (χ0v) is 10.2. The van der Waals surface area contributed by atoms with Crippen LogP contribution in [-0.2, 0) is 0 Å². The number of carbonyl (C=O) groups is 1. The summed E-state index contributed by atoms with van der Waals surface area (Å²) in [6.07, 6.45) is 6.82. The van der Waals surface area contributed by atoms with Crippen LogP contribution in [0.5, 0.6) is 0 Å².